The van der Waals surface area contributed by atoms with Gasteiger partial charge in [0, 0.05) is 6.42 Å². The third-order valence-corrected chi connectivity index (χ3v) is 2.68. The van der Waals surface area contributed by atoms with Gasteiger partial charge in [0.05, 0.1) is 17.0 Å². The highest BCUT2D eigenvalue weighted by Crippen LogP contribution is 2.24. The van der Waals surface area contributed by atoms with E-state index in [0.717, 1.165) is 23.4 Å². The maximum Gasteiger partial charge on any atom is 0.166 e. The van der Waals surface area contributed by atoms with Crippen molar-refractivity contribution in [3.05, 3.63) is 23.3 Å². The highest BCUT2D eigenvalue weighted by molar-refractivity contribution is 5.99. The summed E-state index contributed by atoms with van der Waals surface area (Å²) in [5, 5.41) is 0. The Hall–Kier alpha value is -1.29. The van der Waals surface area contributed by atoms with Gasteiger partial charge in [-0.2, -0.15) is 0 Å². The topological polar surface area (TPSA) is 68.9 Å². The Morgan fingerprint density at radius 1 is 1.50 bits per heavy atom. The Bertz CT molecular complexity index is 376. The highest BCUT2D eigenvalue weighted by Gasteiger charge is 2.26. The Labute approximate surface area is 82.6 Å². The zero-order chi connectivity index (χ0) is 10.1. The van der Waals surface area contributed by atoms with Gasteiger partial charge in [-0.1, -0.05) is 0 Å². The average molecular weight is 191 g/mol. The highest BCUT2D eigenvalue weighted by atomic mass is 16.1. The zero-order valence-electron chi connectivity index (χ0n) is 8.16. The van der Waals surface area contributed by atoms with Crippen LogP contribution in [0.15, 0.2) is 6.33 Å². The van der Waals surface area contributed by atoms with Crippen LogP contribution in [0.3, 0.4) is 0 Å². The first kappa shape index (κ1) is 9.27. The second kappa shape index (κ2) is 3.46. The molecule has 1 aliphatic carbocycles. The molecule has 0 amide bonds. The minimum absolute atomic E-state index is 0.139. The van der Waals surface area contributed by atoms with Crippen LogP contribution in [0.1, 0.15) is 28.2 Å². The van der Waals surface area contributed by atoms with E-state index in [0.29, 0.717) is 13.0 Å². The number of aromatic nitrogens is 2. The van der Waals surface area contributed by atoms with Crippen molar-refractivity contribution in [1.29, 1.82) is 0 Å². The van der Waals surface area contributed by atoms with Gasteiger partial charge in [-0.3, -0.25) is 4.79 Å². The number of nitrogens with zero attached hydrogens (tertiary/aromatic N) is 2. The number of Topliss-reactive ketones (excluding diaryl/α,β-unsaturated/α-hetero) is 1. The summed E-state index contributed by atoms with van der Waals surface area (Å²) in [5.41, 5.74) is 7.94. The number of ketones is 1. The fraction of sp³-hybridized carbons (Fsp3) is 0.500. The molecule has 74 valence electrons. The predicted octanol–water partition coefficient (Wildman–Crippen LogP) is 0.489. The Kier molecular flexibility index (Phi) is 2.29. The van der Waals surface area contributed by atoms with E-state index in [1.807, 2.05) is 6.92 Å². The van der Waals surface area contributed by atoms with Crippen LogP contribution in [0.4, 0.5) is 0 Å². The molecule has 1 aliphatic rings. The minimum atomic E-state index is 0.139. The number of aryl methyl sites for hydroxylation is 1. The summed E-state index contributed by atoms with van der Waals surface area (Å²) >= 11 is 0. The molecule has 1 heterocycles. The zero-order valence-corrected chi connectivity index (χ0v) is 8.16. The summed E-state index contributed by atoms with van der Waals surface area (Å²) < 4.78 is 0. The molecule has 0 bridgehead atoms. The largest absolute Gasteiger partial charge is 0.330 e. The van der Waals surface area contributed by atoms with Crippen molar-refractivity contribution in [1.82, 2.24) is 9.97 Å². The molecule has 0 saturated heterocycles. The molecule has 0 fully saturated rings. The smallest absolute Gasteiger partial charge is 0.166 e. The number of carbonyl (C=O) groups is 1. The van der Waals surface area contributed by atoms with Gasteiger partial charge in [0.25, 0.3) is 0 Å². The molecular weight excluding hydrogens is 178 g/mol. The van der Waals surface area contributed by atoms with Crippen LogP contribution in [0, 0.1) is 12.8 Å². The number of carbonyl (C=O) groups excluding carboxylic acids is 1. The lowest BCUT2D eigenvalue weighted by Crippen LogP contribution is -2.27. The molecule has 2 N–H and O–H groups in total. The van der Waals surface area contributed by atoms with E-state index in [-0.39, 0.29) is 11.7 Å². The van der Waals surface area contributed by atoms with Gasteiger partial charge in [0.15, 0.2) is 5.78 Å². The van der Waals surface area contributed by atoms with E-state index in [9.17, 15) is 4.79 Å². The third kappa shape index (κ3) is 1.42. The first-order valence-corrected chi connectivity index (χ1v) is 4.76. The van der Waals surface area contributed by atoms with Crippen molar-refractivity contribution in [2.75, 3.05) is 6.54 Å². The lowest BCUT2D eigenvalue weighted by molar-refractivity contribution is 0.0948. The second-order valence-corrected chi connectivity index (χ2v) is 3.71. The van der Waals surface area contributed by atoms with Crippen LogP contribution in [0.5, 0.6) is 0 Å². The van der Waals surface area contributed by atoms with Crippen LogP contribution in [0.2, 0.25) is 0 Å². The summed E-state index contributed by atoms with van der Waals surface area (Å²) in [4.78, 5) is 19.9. The van der Waals surface area contributed by atoms with Gasteiger partial charge in [-0.15, -0.1) is 0 Å². The first-order valence-electron chi connectivity index (χ1n) is 4.76. The maximum atomic E-state index is 11.7. The fourth-order valence-corrected chi connectivity index (χ4v) is 1.92. The number of fused-ring (bicyclic) bond motifs is 1. The fourth-order valence-electron chi connectivity index (χ4n) is 1.92. The number of hydrogen-bond donors (Lipinski definition) is 1. The molecule has 0 radical (unpaired) electrons. The number of hydrogen-bond acceptors (Lipinski definition) is 4. The van der Waals surface area contributed by atoms with Gasteiger partial charge in [-0.05, 0) is 25.8 Å². The van der Waals surface area contributed by atoms with Crippen LogP contribution >= 0.6 is 0 Å². The molecule has 1 atom stereocenters. The van der Waals surface area contributed by atoms with Crippen molar-refractivity contribution >= 4 is 5.78 Å². The van der Waals surface area contributed by atoms with Crippen molar-refractivity contribution < 1.29 is 4.79 Å². The molecular formula is C10H13N3O. The predicted molar refractivity (Wildman–Crippen MR) is 52.0 cm³/mol. The molecule has 1 aromatic rings. The molecule has 0 aliphatic heterocycles. The molecule has 14 heavy (non-hydrogen) atoms. The van der Waals surface area contributed by atoms with Crippen molar-refractivity contribution in [2.45, 2.75) is 19.8 Å². The quantitative estimate of drug-likeness (QED) is 0.701. The van der Waals surface area contributed by atoms with Crippen LogP contribution < -0.4 is 5.73 Å². The standard InChI is InChI=1S/C10H13N3O/c1-6-10-8(13-5-12-6)2-7(4-11)3-9(10)14/h5,7H,2-4,11H2,1H3. The third-order valence-electron chi connectivity index (χ3n) is 2.68. The van der Waals surface area contributed by atoms with Crippen LogP contribution in [-0.2, 0) is 6.42 Å². The summed E-state index contributed by atoms with van der Waals surface area (Å²) in [6, 6.07) is 0. The Balaban J connectivity index is 2.45. The summed E-state index contributed by atoms with van der Waals surface area (Å²) in [6.45, 7) is 2.40. The lowest BCUT2D eigenvalue weighted by Gasteiger charge is -2.21. The van der Waals surface area contributed by atoms with E-state index >= 15 is 0 Å². The van der Waals surface area contributed by atoms with Crippen molar-refractivity contribution in [2.24, 2.45) is 11.7 Å². The Morgan fingerprint density at radius 3 is 3.00 bits per heavy atom. The summed E-state index contributed by atoms with van der Waals surface area (Å²) in [5.74, 6) is 0.393. The van der Waals surface area contributed by atoms with Gasteiger partial charge >= 0.3 is 0 Å². The van der Waals surface area contributed by atoms with Crippen LogP contribution in [-0.4, -0.2) is 22.3 Å². The molecule has 2 rings (SSSR count). The van der Waals surface area contributed by atoms with Gasteiger partial charge in [0.2, 0.25) is 0 Å². The number of rotatable bonds is 1. The summed E-state index contributed by atoms with van der Waals surface area (Å²) in [6.07, 6.45) is 2.86. The SMILES string of the molecule is Cc1ncnc2c1C(=O)CC(CN)C2. The van der Waals surface area contributed by atoms with E-state index in [4.69, 9.17) is 5.73 Å². The van der Waals surface area contributed by atoms with E-state index < -0.39 is 0 Å². The van der Waals surface area contributed by atoms with Crippen LogP contribution in [0.25, 0.3) is 0 Å². The van der Waals surface area contributed by atoms with Gasteiger partial charge in [-0.25, -0.2) is 9.97 Å². The molecule has 1 unspecified atom stereocenters. The van der Waals surface area contributed by atoms with E-state index in [1.165, 1.54) is 6.33 Å². The molecule has 4 nitrogen and oxygen atoms in total. The van der Waals surface area contributed by atoms with E-state index in [2.05, 4.69) is 9.97 Å². The normalized spacial score (nSPS) is 20.7. The molecule has 4 heteroatoms. The molecule has 0 saturated carbocycles. The summed E-state index contributed by atoms with van der Waals surface area (Å²) in [7, 11) is 0. The molecule has 1 aromatic heterocycles. The Morgan fingerprint density at radius 2 is 2.29 bits per heavy atom. The molecule has 0 spiro atoms. The number of nitrogens with two attached hydrogens (primary N) is 1. The monoisotopic (exact) mass is 191 g/mol. The maximum absolute atomic E-state index is 11.7. The van der Waals surface area contributed by atoms with E-state index in [1.54, 1.807) is 0 Å². The van der Waals surface area contributed by atoms with Crippen molar-refractivity contribution in [3.63, 3.8) is 0 Å². The average Bonchev–Trinajstić information content (AvgIpc) is 2.17. The minimum Gasteiger partial charge on any atom is -0.330 e. The first-order chi connectivity index (χ1) is 6.72. The second-order valence-electron chi connectivity index (χ2n) is 3.71. The van der Waals surface area contributed by atoms with Gasteiger partial charge in [0.1, 0.15) is 6.33 Å². The van der Waals surface area contributed by atoms with Gasteiger partial charge < -0.3 is 5.73 Å². The van der Waals surface area contributed by atoms with Crippen molar-refractivity contribution in [3.8, 4) is 0 Å². The molecule has 0 aromatic carbocycles. The lowest BCUT2D eigenvalue weighted by atomic mass is 9.85.